The second-order valence-electron chi connectivity index (χ2n) is 6.23. The van der Waals surface area contributed by atoms with Gasteiger partial charge in [0.1, 0.15) is 11.6 Å². The third-order valence-corrected chi connectivity index (χ3v) is 4.72. The number of hydrogen-bond donors (Lipinski definition) is 2. The van der Waals surface area contributed by atoms with Gasteiger partial charge in [0.05, 0.1) is 19.9 Å². The second kappa shape index (κ2) is 6.97. The van der Waals surface area contributed by atoms with Gasteiger partial charge in [-0.3, -0.25) is 4.79 Å². The average molecular weight is 371 g/mol. The van der Waals surface area contributed by atoms with Crippen molar-refractivity contribution in [3.8, 4) is 40.0 Å². The van der Waals surface area contributed by atoms with E-state index in [9.17, 15) is 10.1 Å². The van der Waals surface area contributed by atoms with Crippen LogP contribution in [0.5, 0.6) is 11.5 Å². The van der Waals surface area contributed by atoms with E-state index < -0.39 is 5.56 Å². The smallest absolute Gasteiger partial charge is 0.266 e. The molecule has 0 unspecified atom stereocenters. The predicted molar refractivity (Wildman–Crippen MR) is 108 cm³/mol. The molecule has 0 fully saturated rings. The van der Waals surface area contributed by atoms with Gasteiger partial charge < -0.3 is 19.4 Å². The highest BCUT2D eigenvalue weighted by Crippen LogP contribution is 2.35. The summed E-state index contributed by atoms with van der Waals surface area (Å²) in [5.74, 6) is 1.10. The molecule has 0 saturated carbocycles. The van der Waals surface area contributed by atoms with E-state index in [4.69, 9.17) is 9.47 Å². The van der Waals surface area contributed by atoms with Crippen LogP contribution < -0.4 is 15.0 Å². The van der Waals surface area contributed by atoms with Gasteiger partial charge in [0.15, 0.2) is 11.5 Å². The van der Waals surface area contributed by atoms with Crippen LogP contribution in [0.3, 0.4) is 0 Å². The van der Waals surface area contributed by atoms with Crippen molar-refractivity contribution in [3.63, 3.8) is 0 Å². The first kappa shape index (κ1) is 17.4. The van der Waals surface area contributed by atoms with E-state index in [-0.39, 0.29) is 5.56 Å². The van der Waals surface area contributed by atoms with Crippen molar-refractivity contribution in [3.05, 3.63) is 70.6 Å². The lowest BCUT2D eigenvalue weighted by atomic mass is 9.98. The fourth-order valence-corrected chi connectivity index (χ4v) is 3.34. The number of nitriles is 1. The zero-order chi connectivity index (χ0) is 19.7. The summed E-state index contributed by atoms with van der Waals surface area (Å²) in [6.45, 7) is 0. The molecule has 2 aromatic carbocycles. The Morgan fingerprint density at radius 3 is 2.50 bits per heavy atom. The van der Waals surface area contributed by atoms with Gasteiger partial charge in [0, 0.05) is 28.2 Å². The maximum atomic E-state index is 12.6. The summed E-state index contributed by atoms with van der Waals surface area (Å²) in [6, 6.07) is 17.0. The van der Waals surface area contributed by atoms with Gasteiger partial charge in [-0.1, -0.05) is 24.3 Å². The number of ether oxygens (including phenoxy) is 2. The van der Waals surface area contributed by atoms with Gasteiger partial charge >= 0.3 is 0 Å². The van der Waals surface area contributed by atoms with E-state index in [0.717, 1.165) is 16.5 Å². The second-order valence-corrected chi connectivity index (χ2v) is 6.23. The molecular weight excluding hydrogens is 354 g/mol. The van der Waals surface area contributed by atoms with Gasteiger partial charge in [0.2, 0.25) is 0 Å². The summed E-state index contributed by atoms with van der Waals surface area (Å²) in [6.07, 6.45) is 1.85. The first-order valence-electron chi connectivity index (χ1n) is 8.62. The number of hydrogen-bond acceptors (Lipinski definition) is 4. The Balaban J connectivity index is 1.96. The fourth-order valence-electron chi connectivity index (χ4n) is 3.34. The number of benzene rings is 2. The lowest BCUT2D eigenvalue weighted by Crippen LogP contribution is -2.12. The zero-order valence-corrected chi connectivity index (χ0v) is 15.4. The molecule has 138 valence electrons. The van der Waals surface area contributed by atoms with E-state index in [0.29, 0.717) is 28.3 Å². The van der Waals surface area contributed by atoms with Crippen molar-refractivity contribution in [1.29, 1.82) is 5.26 Å². The van der Waals surface area contributed by atoms with Crippen LogP contribution in [0.15, 0.2) is 59.5 Å². The number of aromatic nitrogens is 2. The number of nitrogens with zero attached hydrogens (tertiary/aromatic N) is 1. The van der Waals surface area contributed by atoms with Crippen LogP contribution in [-0.4, -0.2) is 24.2 Å². The van der Waals surface area contributed by atoms with Gasteiger partial charge in [-0.2, -0.15) is 5.26 Å². The van der Waals surface area contributed by atoms with Crippen LogP contribution in [0, 0.1) is 11.3 Å². The molecule has 4 rings (SSSR count). The molecule has 0 amide bonds. The molecule has 28 heavy (non-hydrogen) atoms. The van der Waals surface area contributed by atoms with Crippen molar-refractivity contribution >= 4 is 10.9 Å². The Hall–Kier alpha value is -3.98. The SMILES string of the molecule is COc1ccc(-c2cc(-c3c[nH]c4ccccc34)[nH]c(=O)c2C#N)cc1OC. The van der Waals surface area contributed by atoms with Crippen molar-refractivity contribution in [1.82, 2.24) is 9.97 Å². The first-order chi connectivity index (χ1) is 13.7. The Bertz CT molecular complexity index is 1280. The van der Waals surface area contributed by atoms with Crippen molar-refractivity contribution in [2.45, 2.75) is 0 Å². The van der Waals surface area contributed by atoms with Crippen molar-refractivity contribution < 1.29 is 9.47 Å². The third-order valence-electron chi connectivity index (χ3n) is 4.72. The Labute approximate surface area is 161 Å². The highest BCUT2D eigenvalue weighted by molar-refractivity contribution is 5.95. The standard InChI is InChI=1S/C22H17N3O3/c1-27-20-8-7-13(9-21(20)28-2)15-10-19(25-22(26)16(15)11-23)17-12-24-18-6-4-3-5-14(17)18/h3-10,12,24H,1-2H3,(H,25,26). The summed E-state index contributed by atoms with van der Waals surface area (Å²) < 4.78 is 10.6. The molecule has 0 radical (unpaired) electrons. The minimum Gasteiger partial charge on any atom is -0.493 e. The minimum atomic E-state index is -0.435. The monoisotopic (exact) mass is 371 g/mol. The molecule has 6 nitrogen and oxygen atoms in total. The summed E-state index contributed by atoms with van der Waals surface area (Å²) in [5, 5.41) is 10.5. The number of nitrogens with one attached hydrogen (secondary N) is 2. The highest BCUT2D eigenvalue weighted by atomic mass is 16.5. The normalized spacial score (nSPS) is 10.6. The lowest BCUT2D eigenvalue weighted by Gasteiger charge is -2.11. The van der Waals surface area contributed by atoms with Gasteiger partial charge in [0.25, 0.3) is 5.56 Å². The van der Waals surface area contributed by atoms with Crippen LogP contribution in [0.25, 0.3) is 33.3 Å². The molecule has 0 aliphatic carbocycles. The molecule has 0 aliphatic heterocycles. The molecule has 0 bridgehead atoms. The number of aromatic amines is 2. The predicted octanol–water partition coefficient (Wildman–Crippen LogP) is 4.08. The minimum absolute atomic E-state index is 0.0517. The molecule has 0 saturated heterocycles. The molecule has 0 spiro atoms. The summed E-state index contributed by atoms with van der Waals surface area (Å²) in [7, 11) is 3.10. The Kier molecular flexibility index (Phi) is 4.34. The van der Waals surface area contributed by atoms with E-state index in [1.807, 2.05) is 42.6 Å². The van der Waals surface area contributed by atoms with Crippen molar-refractivity contribution in [2.24, 2.45) is 0 Å². The number of para-hydroxylation sites is 1. The molecule has 2 aromatic heterocycles. The maximum Gasteiger partial charge on any atom is 0.266 e. The highest BCUT2D eigenvalue weighted by Gasteiger charge is 2.16. The zero-order valence-electron chi connectivity index (χ0n) is 15.4. The third kappa shape index (κ3) is 2.79. The first-order valence-corrected chi connectivity index (χ1v) is 8.62. The van der Waals surface area contributed by atoms with Gasteiger partial charge in [-0.25, -0.2) is 0 Å². The molecule has 0 atom stereocenters. The molecule has 2 heterocycles. The van der Waals surface area contributed by atoms with Gasteiger partial charge in [-0.05, 0) is 29.8 Å². The Morgan fingerprint density at radius 2 is 1.75 bits per heavy atom. The van der Waals surface area contributed by atoms with E-state index in [1.165, 1.54) is 0 Å². The van der Waals surface area contributed by atoms with Gasteiger partial charge in [-0.15, -0.1) is 0 Å². The van der Waals surface area contributed by atoms with E-state index in [2.05, 4.69) is 9.97 Å². The van der Waals surface area contributed by atoms with Crippen LogP contribution >= 0.6 is 0 Å². The average Bonchev–Trinajstić information content (AvgIpc) is 3.16. The van der Waals surface area contributed by atoms with Crippen LogP contribution in [0.1, 0.15) is 5.56 Å². The topological polar surface area (TPSA) is 90.9 Å². The number of fused-ring (bicyclic) bond motifs is 1. The molecule has 6 heteroatoms. The van der Waals surface area contributed by atoms with Crippen LogP contribution in [-0.2, 0) is 0 Å². The molecular formula is C22H17N3O3. The van der Waals surface area contributed by atoms with Crippen LogP contribution in [0.4, 0.5) is 0 Å². The Morgan fingerprint density at radius 1 is 0.964 bits per heavy atom. The largest absolute Gasteiger partial charge is 0.493 e. The maximum absolute atomic E-state index is 12.6. The van der Waals surface area contributed by atoms with E-state index >= 15 is 0 Å². The summed E-state index contributed by atoms with van der Waals surface area (Å²) in [5.41, 5.74) is 3.31. The molecule has 0 aliphatic rings. The summed E-state index contributed by atoms with van der Waals surface area (Å²) >= 11 is 0. The number of pyridine rings is 1. The molecule has 2 N–H and O–H groups in total. The van der Waals surface area contributed by atoms with E-state index in [1.54, 1.807) is 32.4 Å². The fraction of sp³-hybridized carbons (Fsp3) is 0.0909. The van der Waals surface area contributed by atoms with Crippen LogP contribution in [0.2, 0.25) is 0 Å². The number of H-pyrrole nitrogens is 2. The summed E-state index contributed by atoms with van der Waals surface area (Å²) in [4.78, 5) is 18.7. The van der Waals surface area contributed by atoms with Crippen molar-refractivity contribution in [2.75, 3.05) is 14.2 Å². The number of rotatable bonds is 4. The lowest BCUT2D eigenvalue weighted by molar-refractivity contribution is 0.355. The molecule has 4 aromatic rings. The number of methoxy groups -OCH3 is 2. The quantitative estimate of drug-likeness (QED) is 0.565.